The summed E-state index contributed by atoms with van der Waals surface area (Å²) in [5.41, 5.74) is 4.72. The maximum Gasteiger partial charge on any atom is 0.344 e. The molecule has 3 aromatic carbocycles. The molecule has 0 spiro atoms. The number of carbonyl (C=O) groups is 1. The largest absolute Gasteiger partial charge is 0.457 e. The minimum Gasteiger partial charge on any atom is -0.457 e. The van der Waals surface area contributed by atoms with Crippen molar-refractivity contribution in [1.29, 1.82) is 0 Å². The molecule has 0 atom stereocenters. The predicted octanol–water partition coefficient (Wildman–Crippen LogP) is 7.52. The lowest BCUT2D eigenvalue weighted by molar-refractivity contribution is -0.115. The molecule has 0 fully saturated rings. The number of anilines is 1. The van der Waals surface area contributed by atoms with Gasteiger partial charge in [-0.3, -0.25) is 10.1 Å². The second kappa shape index (κ2) is 11.1. The van der Waals surface area contributed by atoms with Crippen molar-refractivity contribution in [3.8, 4) is 22.5 Å². The number of nitrogens with one attached hydrogen (secondary N) is 2. The van der Waals surface area contributed by atoms with Crippen LogP contribution in [0.2, 0.25) is 5.02 Å². The SMILES string of the molecule is Cc1ccc(-c2ccc(/C=C/C(=O)NC(=S)Nc3ccc(-c4cc5ccccc5oc4=O)c(C)c3)o2)cc1Cl. The van der Waals surface area contributed by atoms with Gasteiger partial charge in [0.15, 0.2) is 5.11 Å². The number of rotatable bonds is 5. The molecule has 0 aliphatic heterocycles. The van der Waals surface area contributed by atoms with Gasteiger partial charge in [0.05, 0.1) is 5.56 Å². The summed E-state index contributed by atoms with van der Waals surface area (Å²) in [6.45, 7) is 3.82. The highest BCUT2D eigenvalue weighted by atomic mass is 35.5. The van der Waals surface area contributed by atoms with E-state index >= 15 is 0 Å². The van der Waals surface area contributed by atoms with Crippen LogP contribution in [-0.4, -0.2) is 11.0 Å². The van der Waals surface area contributed by atoms with E-state index in [9.17, 15) is 9.59 Å². The summed E-state index contributed by atoms with van der Waals surface area (Å²) in [5, 5.41) is 7.25. The summed E-state index contributed by atoms with van der Waals surface area (Å²) >= 11 is 11.5. The van der Waals surface area contributed by atoms with E-state index in [0.717, 1.165) is 27.6 Å². The van der Waals surface area contributed by atoms with Crippen molar-refractivity contribution in [2.24, 2.45) is 0 Å². The number of benzene rings is 3. The Morgan fingerprint density at radius 2 is 1.72 bits per heavy atom. The zero-order chi connectivity index (χ0) is 27.5. The first kappa shape index (κ1) is 26.2. The monoisotopic (exact) mass is 554 g/mol. The molecule has 0 saturated heterocycles. The lowest BCUT2D eigenvalue weighted by Gasteiger charge is -2.11. The molecule has 2 heterocycles. The molecule has 1 amide bonds. The predicted molar refractivity (Wildman–Crippen MR) is 160 cm³/mol. The molecule has 5 aromatic rings. The minimum atomic E-state index is -0.411. The van der Waals surface area contributed by atoms with Crippen molar-refractivity contribution in [1.82, 2.24) is 5.32 Å². The van der Waals surface area contributed by atoms with Gasteiger partial charge in [0.25, 0.3) is 0 Å². The van der Waals surface area contributed by atoms with E-state index in [1.807, 2.05) is 74.5 Å². The van der Waals surface area contributed by atoms with Crippen molar-refractivity contribution >= 4 is 57.6 Å². The van der Waals surface area contributed by atoms with E-state index in [1.165, 1.54) is 6.08 Å². The van der Waals surface area contributed by atoms with Crippen molar-refractivity contribution in [3.05, 3.63) is 117 Å². The van der Waals surface area contributed by atoms with E-state index in [4.69, 9.17) is 32.7 Å². The van der Waals surface area contributed by atoms with Gasteiger partial charge < -0.3 is 14.2 Å². The van der Waals surface area contributed by atoms with Gasteiger partial charge >= 0.3 is 5.63 Å². The van der Waals surface area contributed by atoms with Crippen LogP contribution in [0.15, 0.2) is 98.6 Å². The molecule has 194 valence electrons. The highest BCUT2D eigenvalue weighted by Gasteiger charge is 2.12. The van der Waals surface area contributed by atoms with Crippen molar-refractivity contribution in [3.63, 3.8) is 0 Å². The normalized spacial score (nSPS) is 11.2. The average molecular weight is 555 g/mol. The number of carbonyl (C=O) groups excluding carboxylic acids is 1. The van der Waals surface area contributed by atoms with Crippen LogP contribution < -0.4 is 16.3 Å². The van der Waals surface area contributed by atoms with Crippen LogP contribution in [0.4, 0.5) is 5.69 Å². The second-order valence-electron chi connectivity index (χ2n) is 8.96. The molecule has 2 N–H and O–H groups in total. The number of amides is 1. The summed E-state index contributed by atoms with van der Waals surface area (Å²) < 4.78 is 11.3. The van der Waals surface area contributed by atoms with Crippen LogP contribution >= 0.6 is 23.8 Å². The Morgan fingerprint density at radius 1 is 0.897 bits per heavy atom. The van der Waals surface area contributed by atoms with E-state index in [-0.39, 0.29) is 5.11 Å². The molecule has 0 aliphatic rings. The number of aryl methyl sites for hydroxylation is 2. The molecule has 5 rings (SSSR count). The van der Waals surface area contributed by atoms with Gasteiger partial charge in [0.1, 0.15) is 17.1 Å². The molecule has 0 saturated carbocycles. The topological polar surface area (TPSA) is 84.5 Å². The number of furan rings is 1. The molecule has 0 radical (unpaired) electrons. The van der Waals surface area contributed by atoms with Gasteiger partial charge in [-0.05, 0) is 91.3 Å². The standard InChI is InChI=1S/C31H23ClN2O4S/c1-18-7-8-21(17-26(18)32)28-13-10-23(37-28)11-14-29(35)34-31(39)33-22-9-12-24(19(2)15-22)25-16-20-5-3-4-6-27(20)38-30(25)36/h3-17H,1-2H3,(H2,33,34,35,39)/b14-11+. The third kappa shape index (κ3) is 6.00. The summed E-state index contributed by atoms with van der Waals surface area (Å²) in [5.74, 6) is 0.750. The summed E-state index contributed by atoms with van der Waals surface area (Å²) in [6.07, 6.45) is 2.90. The van der Waals surface area contributed by atoms with E-state index in [2.05, 4.69) is 10.6 Å². The molecular weight excluding hydrogens is 532 g/mol. The van der Waals surface area contributed by atoms with Crippen LogP contribution in [0.1, 0.15) is 16.9 Å². The van der Waals surface area contributed by atoms with E-state index < -0.39 is 11.5 Å². The first-order valence-corrected chi connectivity index (χ1v) is 12.9. The maximum atomic E-state index is 12.6. The fourth-order valence-corrected chi connectivity index (χ4v) is 4.51. The summed E-state index contributed by atoms with van der Waals surface area (Å²) in [6, 6.07) is 23.9. The van der Waals surface area contributed by atoms with Crippen LogP contribution in [0, 0.1) is 13.8 Å². The van der Waals surface area contributed by atoms with Gasteiger partial charge in [0, 0.05) is 27.7 Å². The molecule has 0 bridgehead atoms. The Bertz CT molecular complexity index is 1820. The van der Waals surface area contributed by atoms with Gasteiger partial charge in [-0.1, -0.05) is 48.0 Å². The Kier molecular flexibility index (Phi) is 7.45. The van der Waals surface area contributed by atoms with Crippen molar-refractivity contribution in [2.45, 2.75) is 13.8 Å². The zero-order valence-corrected chi connectivity index (χ0v) is 22.7. The third-order valence-corrected chi connectivity index (χ3v) is 6.75. The second-order valence-corrected chi connectivity index (χ2v) is 9.77. The number of hydrogen-bond acceptors (Lipinski definition) is 5. The first-order valence-electron chi connectivity index (χ1n) is 12.1. The highest BCUT2D eigenvalue weighted by molar-refractivity contribution is 7.80. The molecule has 8 heteroatoms. The van der Waals surface area contributed by atoms with Crippen LogP contribution in [0.5, 0.6) is 0 Å². The fourth-order valence-electron chi connectivity index (χ4n) is 4.11. The van der Waals surface area contributed by atoms with E-state index in [1.54, 1.807) is 24.3 Å². The molecule has 39 heavy (non-hydrogen) atoms. The summed E-state index contributed by atoms with van der Waals surface area (Å²) in [4.78, 5) is 25.0. The van der Waals surface area contributed by atoms with Gasteiger partial charge in [-0.25, -0.2) is 4.79 Å². The summed E-state index contributed by atoms with van der Waals surface area (Å²) in [7, 11) is 0. The fraction of sp³-hybridized carbons (Fsp3) is 0.0645. The lowest BCUT2D eigenvalue weighted by atomic mass is 10.0. The van der Waals surface area contributed by atoms with Crippen LogP contribution in [0.25, 0.3) is 39.5 Å². The first-order chi connectivity index (χ1) is 18.8. The van der Waals surface area contributed by atoms with E-state index in [0.29, 0.717) is 33.4 Å². The molecule has 2 aromatic heterocycles. The smallest absolute Gasteiger partial charge is 0.344 e. The van der Waals surface area contributed by atoms with Crippen molar-refractivity contribution < 1.29 is 13.6 Å². The maximum absolute atomic E-state index is 12.6. The molecule has 0 aliphatic carbocycles. The number of para-hydroxylation sites is 1. The Balaban J connectivity index is 1.22. The van der Waals surface area contributed by atoms with Crippen molar-refractivity contribution in [2.75, 3.05) is 5.32 Å². The number of fused-ring (bicyclic) bond motifs is 1. The quantitative estimate of drug-likeness (QED) is 0.133. The molecular formula is C31H23ClN2O4S. The molecule has 6 nitrogen and oxygen atoms in total. The average Bonchev–Trinajstić information content (AvgIpc) is 3.38. The Morgan fingerprint density at radius 3 is 2.51 bits per heavy atom. The third-order valence-electron chi connectivity index (χ3n) is 6.13. The Labute approximate surface area is 234 Å². The minimum absolute atomic E-state index is 0.136. The van der Waals surface area contributed by atoms with Gasteiger partial charge in [0.2, 0.25) is 5.91 Å². The lowest BCUT2D eigenvalue weighted by Crippen LogP contribution is -2.32. The number of hydrogen-bond donors (Lipinski definition) is 2. The number of halogens is 1. The van der Waals surface area contributed by atoms with Crippen LogP contribution in [-0.2, 0) is 4.79 Å². The number of thiocarbonyl (C=S) groups is 1. The Hall–Kier alpha value is -4.46. The van der Waals surface area contributed by atoms with Gasteiger partial charge in [-0.15, -0.1) is 0 Å². The van der Waals surface area contributed by atoms with Crippen LogP contribution in [0.3, 0.4) is 0 Å². The highest BCUT2D eigenvalue weighted by Crippen LogP contribution is 2.28. The van der Waals surface area contributed by atoms with Gasteiger partial charge in [-0.2, -0.15) is 0 Å². The molecule has 0 unspecified atom stereocenters. The zero-order valence-electron chi connectivity index (χ0n) is 21.1.